The van der Waals surface area contributed by atoms with Gasteiger partial charge in [-0.15, -0.1) is 0 Å². The second kappa shape index (κ2) is 6.71. The highest BCUT2D eigenvalue weighted by Crippen LogP contribution is 2.29. The fraction of sp³-hybridized carbons (Fsp3) is 0.353. The van der Waals surface area contributed by atoms with Crippen LogP contribution in [0.4, 0.5) is 10.1 Å². The number of halogens is 1. The monoisotopic (exact) mass is 327 g/mol. The summed E-state index contributed by atoms with van der Waals surface area (Å²) in [6.45, 7) is 1.38. The van der Waals surface area contributed by atoms with Crippen molar-refractivity contribution in [2.75, 3.05) is 25.0 Å². The second-order valence-electron chi connectivity index (χ2n) is 5.75. The summed E-state index contributed by atoms with van der Waals surface area (Å²) in [5, 5.41) is 16.1. The number of aromatic nitrogens is 2. The molecule has 1 amide bonds. The molecule has 0 saturated carbocycles. The Kier molecular flexibility index (Phi) is 4.47. The van der Waals surface area contributed by atoms with Crippen LogP contribution in [0.25, 0.3) is 0 Å². The number of carbonyl (C=O) groups excluding carboxylic acids is 1. The highest BCUT2D eigenvalue weighted by molar-refractivity contribution is 5.91. The van der Waals surface area contributed by atoms with Gasteiger partial charge >= 0.3 is 0 Å². The van der Waals surface area contributed by atoms with Gasteiger partial charge in [0, 0.05) is 26.3 Å². The van der Waals surface area contributed by atoms with Crippen LogP contribution in [-0.2, 0) is 0 Å². The molecule has 2 aromatic rings. The van der Waals surface area contributed by atoms with E-state index in [0.717, 1.165) is 19.4 Å². The zero-order valence-electron chi connectivity index (χ0n) is 13.4. The molecule has 0 bridgehead atoms. The van der Waals surface area contributed by atoms with E-state index in [9.17, 15) is 14.4 Å². The van der Waals surface area contributed by atoms with Gasteiger partial charge in [0.1, 0.15) is 23.1 Å². The molecule has 24 heavy (non-hydrogen) atoms. The fourth-order valence-electron chi connectivity index (χ4n) is 3.07. The number of rotatable bonds is 3. The summed E-state index contributed by atoms with van der Waals surface area (Å²) in [5.74, 6) is -0.726. The van der Waals surface area contributed by atoms with E-state index >= 15 is 0 Å². The molecule has 3 rings (SSSR count). The van der Waals surface area contributed by atoms with E-state index in [1.807, 2.05) is 11.0 Å². The molecule has 1 aromatic carbocycles. The van der Waals surface area contributed by atoms with E-state index in [1.165, 1.54) is 6.07 Å². The van der Waals surface area contributed by atoms with E-state index in [0.29, 0.717) is 17.9 Å². The molecule has 7 heteroatoms. The lowest BCUT2D eigenvalue weighted by molar-refractivity contribution is 0.0957. The molecule has 1 fully saturated rings. The number of nitrogens with one attached hydrogen (secondary N) is 1. The van der Waals surface area contributed by atoms with Crippen LogP contribution in [0.2, 0.25) is 0 Å². The summed E-state index contributed by atoms with van der Waals surface area (Å²) in [4.78, 5) is 13.7. The Morgan fingerprint density at radius 2 is 2.29 bits per heavy atom. The first-order valence-corrected chi connectivity index (χ1v) is 7.85. The number of anilines is 1. The molecule has 1 aliphatic heterocycles. The number of nitriles is 1. The van der Waals surface area contributed by atoms with Crippen LogP contribution in [0, 0.1) is 17.1 Å². The predicted molar refractivity (Wildman–Crippen MR) is 87.2 cm³/mol. The van der Waals surface area contributed by atoms with E-state index in [2.05, 4.69) is 10.4 Å². The minimum Gasteiger partial charge on any atom is -0.368 e. The normalized spacial score (nSPS) is 17.4. The van der Waals surface area contributed by atoms with Gasteiger partial charge in [-0.3, -0.25) is 9.48 Å². The van der Waals surface area contributed by atoms with Crippen molar-refractivity contribution in [3.8, 4) is 6.07 Å². The average molecular weight is 327 g/mol. The SMILES string of the molecule is CNC(=O)c1ccn(C2CCCN(c3cccc(F)c3C#N)C2)n1. The van der Waals surface area contributed by atoms with Crippen LogP contribution in [-0.4, -0.2) is 35.8 Å². The molecule has 2 heterocycles. The smallest absolute Gasteiger partial charge is 0.271 e. The zero-order valence-corrected chi connectivity index (χ0v) is 13.4. The van der Waals surface area contributed by atoms with E-state index in [1.54, 1.807) is 36.1 Å². The third kappa shape index (κ3) is 2.95. The average Bonchev–Trinajstić information content (AvgIpc) is 3.11. The summed E-state index contributed by atoms with van der Waals surface area (Å²) in [7, 11) is 1.57. The lowest BCUT2D eigenvalue weighted by atomic mass is 10.0. The molecule has 0 radical (unpaired) electrons. The maximum Gasteiger partial charge on any atom is 0.271 e. The Labute approximate surface area is 139 Å². The van der Waals surface area contributed by atoms with Crippen molar-refractivity contribution in [3.63, 3.8) is 0 Å². The van der Waals surface area contributed by atoms with E-state index < -0.39 is 5.82 Å². The number of carbonyl (C=O) groups is 1. The summed E-state index contributed by atoms with van der Waals surface area (Å²) >= 11 is 0. The molecule has 124 valence electrons. The van der Waals surface area contributed by atoms with Crippen LogP contribution in [0.1, 0.15) is 34.9 Å². The largest absolute Gasteiger partial charge is 0.368 e. The number of amides is 1. The molecule has 0 aliphatic carbocycles. The van der Waals surface area contributed by atoms with Gasteiger partial charge in [0.05, 0.1) is 11.7 Å². The van der Waals surface area contributed by atoms with E-state index in [4.69, 9.17) is 0 Å². The number of hydrogen-bond donors (Lipinski definition) is 1. The predicted octanol–water partition coefficient (Wildman–Crippen LogP) is 2.09. The summed E-state index contributed by atoms with van der Waals surface area (Å²) in [5.41, 5.74) is 1.06. The van der Waals surface area contributed by atoms with Crippen molar-refractivity contribution in [2.24, 2.45) is 0 Å². The Balaban J connectivity index is 1.83. The van der Waals surface area contributed by atoms with Gasteiger partial charge in [-0.2, -0.15) is 10.4 Å². The van der Waals surface area contributed by atoms with Gasteiger partial charge in [0.2, 0.25) is 0 Å². The maximum atomic E-state index is 13.8. The topological polar surface area (TPSA) is 74.0 Å². The minimum atomic E-state index is -0.502. The van der Waals surface area contributed by atoms with Gasteiger partial charge in [-0.1, -0.05) is 6.07 Å². The molecule has 6 nitrogen and oxygen atoms in total. The Morgan fingerprint density at radius 1 is 1.46 bits per heavy atom. The van der Waals surface area contributed by atoms with Gasteiger partial charge in [-0.05, 0) is 31.0 Å². The molecular weight excluding hydrogens is 309 g/mol. The Hall–Kier alpha value is -2.88. The van der Waals surface area contributed by atoms with Gasteiger partial charge < -0.3 is 10.2 Å². The molecule has 1 unspecified atom stereocenters. The molecule has 1 N–H and O–H groups in total. The van der Waals surface area contributed by atoms with E-state index in [-0.39, 0.29) is 17.5 Å². The van der Waals surface area contributed by atoms with Gasteiger partial charge in [0.25, 0.3) is 5.91 Å². The highest BCUT2D eigenvalue weighted by Gasteiger charge is 2.25. The first-order chi connectivity index (χ1) is 11.6. The van der Waals surface area contributed by atoms with Crippen LogP contribution in [0.5, 0.6) is 0 Å². The summed E-state index contributed by atoms with van der Waals surface area (Å²) in [6.07, 6.45) is 3.61. The van der Waals surface area contributed by atoms with Crippen LogP contribution < -0.4 is 10.2 Å². The van der Waals surface area contributed by atoms with Crippen molar-refractivity contribution < 1.29 is 9.18 Å². The van der Waals surface area contributed by atoms with Crippen molar-refractivity contribution >= 4 is 11.6 Å². The molecule has 1 aromatic heterocycles. The number of hydrogen-bond acceptors (Lipinski definition) is 4. The van der Waals surface area contributed by atoms with Crippen LogP contribution in [0.15, 0.2) is 30.5 Å². The molecule has 0 spiro atoms. The quantitative estimate of drug-likeness (QED) is 0.937. The molecule has 1 aliphatic rings. The van der Waals surface area contributed by atoms with Crippen LogP contribution in [0.3, 0.4) is 0 Å². The van der Waals surface area contributed by atoms with Crippen molar-refractivity contribution in [3.05, 3.63) is 47.5 Å². The first kappa shape index (κ1) is 16.0. The Bertz CT molecular complexity index is 795. The van der Waals surface area contributed by atoms with Crippen molar-refractivity contribution in [1.82, 2.24) is 15.1 Å². The molecule has 1 atom stereocenters. The van der Waals surface area contributed by atoms with Crippen LogP contribution >= 0.6 is 0 Å². The number of benzene rings is 1. The van der Waals surface area contributed by atoms with Gasteiger partial charge in [0.15, 0.2) is 0 Å². The summed E-state index contributed by atoms with van der Waals surface area (Å²) in [6, 6.07) is 8.39. The number of piperidine rings is 1. The fourth-order valence-corrected chi connectivity index (χ4v) is 3.07. The zero-order chi connectivity index (χ0) is 17.1. The molecular formula is C17H18FN5O. The molecule has 1 saturated heterocycles. The third-order valence-corrected chi connectivity index (χ3v) is 4.28. The second-order valence-corrected chi connectivity index (χ2v) is 5.75. The third-order valence-electron chi connectivity index (χ3n) is 4.28. The van der Waals surface area contributed by atoms with Crippen molar-refractivity contribution in [2.45, 2.75) is 18.9 Å². The maximum absolute atomic E-state index is 13.8. The standard InChI is InChI=1S/C17H18FN5O/c1-20-17(24)15-7-9-23(21-15)12-4-3-8-22(11-12)16-6-2-5-14(18)13(16)10-19/h2,5-7,9,12H,3-4,8,11H2,1H3,(H,20,24). The minimum absolute atomic E-state index is 0.0738. The number of nitrogens with zero attached hydrogens (tertiary/aromatic N) is 4. The Morgan fingerprint density at radius 3 is 3.04 bits per heavy atom. The first-order valence-electron chi connectivity index (χ1n) is 7.85. The van der Waals surface area contributed by atoms with Crippen molar-refractivity contribution in [1.29, 1.82) is 5.26 Å². The van der Waals surface area contributed by atoms with Gasteiger partial charge in [-0.25, -0.2) is 4.39 Å². The lowest BCUT2D eigenvalue weighted by Crippen LogP contribution is -2.37. The summed E-state index contributed by atoms with van der Waals surface area (Å²) < 4.78 is 15.6. The lowest BCUT2D eigenvalue weighted by Gasteiger charge is -2.35. The highest BCUT2D eigenvalue weighted by atomic mass is 19.1.